The Bertz CT molecular complexity index is 851. The molecule has 0 spiro atoms. The zero-order valence-electron chi connectivity index (χ0n) is 12.9. The number of carbonyl (C=O) groups is 1. The molecule has 2 aromatic carbocycles. The molecule has 0 aliphatic heterocycles. The van der Waals surface area contributed by atoms with Crippen LogP contribution in [0.3, 0.4) is 0 Å². The summed E-state index contributed by atoms with van der Waals surface area (Å²) in [7, 11) is -2.52. The number of nitrogens with one attached hydrogen (secondary N) is 1. The molecule has 0 saturated heterocycles. The number of benzene rings is 2. The van der Waals surface area contributed by atoms with Crippen LogP contribution in [0.1, 0.15) is 28.9 Å². The second-order valence-corrected chi connectivity index (χ2v) is 7.58. The van der Waals surface area contributed by atoms with E-state index in [1.165, 1.54) is 31.4 Å². The number of hydrogen-bond acceptors (Lipinski definition) is 4. The van der Waals surface area contributed by atoms with E-state index in [1.807, 2.05) is 0 Å². The van der Waals surface area contributed by atoms with E-state index in [4.69, 9.17) is 23.2 Å². The van der Waals surface area contributed by atoms with Crippen molar-refractivity contribution in [2.45, 2.75) is 17.9 Å². The first kappa shape index (κ1) is 18.7. The van der Waals surface area contributed by atoms with Crippen molar-refractivity contribution in [1.29, 1.82) is 0 Å². The summed E-state index contributed by atoms with van der Waals surface area (Å²) in [4.78, 5) is 11.4. The Balaban J connectivity index is 2.22. The van der Waals surface area contributed by atoms with Gasteiger partial charge in [0.15, 0.2) is 0 Å². The number of ether oxygens (including phenoxy) is 1. The van der Waals surface area contributed by atoms with Gasteiger partial charge in [0.2, 0.25) is 10.0 Å². The number of halogens is 2. The molecule has 5 nitrogen and oxygen atoms in total. The predicted octanol–water partition coefficient (Wildman–Crippen LogP) is 3.82. The van der Waals surface area contributed by atoms with E-state index in [1.54, 1.807) is 25.1 Å². The van der Waals surface area contributed by atoms with Crippen LogP contribution in [0.25, 0.3) is 0 Å². The van der Waals surface area contributed by atoms with Crippen LogP contribution >= 0.6 is 23.2 Å². The van der Waals surface area contributed by atoms with Gasteiger partial charge in [-0.25, -0.2) is 17.9 Å². The fourth-order valence-electron chi connectivity index (χ4n) is 2.10. The van der Waals surface area contributed by atoms with Gasteiger partial charge in [-0.2, -0.15) is 0 Å². The SMILES string of the molecule is COC(=O)c1ccc(S(=O)(=O)N[C@H](C)c2ccc(Cl)cc2Cl)cc1. The fraction of sp³-hybridized carbons (Fsp3) is 0.188. The lowest BCUT2D eigenvalue weighted by Crippen LogP contribution is -2.27. The highest BCUT2D eigenvalue weighted by Gasteiger charge is 2.20. The maximum Gasteiger partial charge on any atom is 0.337 e. The molecule has 0 aliphatic rings. The van der Waals surface area contributed by atoms with Crippen LogP contribution in [0, 0.1) is 0 Å². The van der Waals surface area contributed by atoms with Crippen LogP contribution in [0.5, 0.6) is 0 Å². The normalized spacial score (nSPS) is 12.7. The average Bonchev–Trinajstić information content (AvgIpc) is 2.53. The minimum atomic E-state index is -3.78. The van der Waals surface area contributed by atoms with E-state index in [9.17, 15) is 13.2 Å². The number of rotatable bonds is 5. The smallest absolute Gasteiger partial charge is 0.337 e. The van der Waals surface area contributed by atoms with Crippen molar-refractivity contribution in [3.05, 3.63) is 63.6 Å². The topological polar surface area (TPSA) is 72.5 Å². The molecule has 0 heterocycles. The first-order valence-corrected chi connectivity index (χ1v) is 9.14. The fourth-order valence-corrected chi connectivity index (χ4v) is 3.90. The van der Waals surface area contributed by atoms with Gasteiger partial charge in [-0.1, -0.05) is 29.3 Å². The lowest BCUT2D eigenvalue weighted by Gasteiger charge is -2.16. The van der Waals surface area contributed by atoms with Crippen molar-refractivity contribution in [1.82, 2.24) is 4.72 Å². The third-order valence-electron chi connectivity index (χ3n) is 3.35. The Hall–Kier alpha value is -1.60. The highest BCUT2D eigenvalue weighted by atomic mass is 35.5. The molecule has 8 heteroatoms. The monoisotopic (exact) mass is 387 g/mol. The van der Waals surface area contributed by atoms with Crippen molar-refractivity contribution in [2.75, 3.05) is 7.11 Å². The van der Waals surface area contributed by atoms with Crippen LogP contribution in [0.4, 0.5) is 0 Å². The molecular formula is C16H15Cl2NO4S. The zero-order chi connectivity index (χ0) is 17.9. The molecule has 2 rings (SSSR count). The third kappa shape index (κ3) is 4.27. The second-order valence-electron chi connectivity index (χ2n) is 5.02. The van der Waals surface area contributed by atoms with Crippen LogP contribution in [0.15, 0.2) is 47.4 Å². The van der Waals surface area contributed by atoms with E-state index in [0.29, 0.717) is 15.6 Å². The average molecular weight is 388 g/mol. The van der Waals surface area contributed by atoms with Gasteiger partial charge in [0, 0.05) is 16.1 Å². The third-order valence-corrected chi connectivity index (χ3v) is 5.47. The Labute approximate surface area is 150 Å². The van der Waals surface area contributed by atoms with Crippen molar-refractivity contribution < 1.29 is 17.9 Å². The van der Waals surface area contributed by atoms with Crippen LogP contribution in [-0.4, -0.2) is 21.5 Å². The van der Waals surface area contributed by atoms with E-state index < -0.39 is 22.0 Å². The first-order valence-electron chi connectivity index (χ1n) is 6.90. The van der Waals surface area contributed by atoms with E-state index in [2.05, 4.69) is 9.46 Å². The summed E-state index contributed by atoms with van der Waals surface area (Å²) >= 11 is 11.9. The van der Waals surface area contributed by atoms with E-state index >= 15 is 0 Å². The molecule has 0 unspecified atom stereocenters. The summed E-state index contributed by atoms with van der Waals surface area (Å²) < 4.78 is 32.0. The molecule has 1 atom stereocenters. The molecular weight excluding hydrogens is 373 g/mol. The van der Waals surface area contributed by atoms with Gasteiger partial charge in [-0.15, -0.1) is 0 Å². The van der Waals surface area contributed by atoms with Gasteiger partial charge in [-0.3, -0.25) is 0 Å². The van der Waals surface area contributed by atoms with Crippen LogP contribution in [0.2, 0.25) is 10.0 Å². The molecule has 0 bridgehead atoms. The lowest BCUT2D eigenvalue weighted by atomic mass is 10.1. The van der Waals surface area contributed by atoms with Gasteiger partial charge in [-0.05, 0) is 48.9 Å². The number of esters is 1. The highest BCUT2D eigenvalue weighted by Crippen LogP contribution is 2.27. The Morgan fingerprint density at radius 1 is 1.12 bits per heavy atom. The summed E-state index contributed by atoms with van der Waals surface area (Å²) in [6.45, 7) is 1.68. The molecule has 0 radical (unpaired) electrons. The van der Waals surface area contributed by atoms with Crippen molar-refractivity contribution in [3.8, 4) is 0 Å². The zero-order valence-corrected chi connectivity index (χ0v) is 15.2. The molecule has 2 aromatic rings. The van der Waals surface area contributed by atoms with Gasteiger partial charge in [0.25, 0.3) is 0 Å². The number of carbonyl (C=O) groups excluding carboxylic acids is 1. The molecule has 0 aliphatic carbocycles. The lowest BCUT2D eigenvalue weighted by molar-refractivity contribution is 0.0600. The minimum Gasteiger partial charge on any atom is -0.465 e. The van der Waals surface area contributed by atoms with Gasteiger partial charge in [0.1, 0.15) is 0 Å². The van der Waals surface area contributed by atoms with Crippen molar-refractivity contribution in [2.24, 2.45) is 0 Å². The van der Waals surface area contributed by atoms with Crippen molar-refractivity contribution in [3.63, 3.8) is 0 Å². The molecule has 0 fully saturated rings. The maximum atomic E-state index is 12.4. The molecule has 24 heavy (non-hydrogen) atoms. The molecule has 0 amide bonds. The summed E-state index contributed by atoms with van der Waals surface area (Å²) in [5, 5.41) is 0.843. The molecule has 1 N–H and O–H groups in total. The van der Waals surface area contributed by atoms with Gasteiger partial charge < -0.3 is 4.74 Å². The summed E-state index contributed by atoms with van der Waals surface area (Å²) in [5.74, 6) is -0.534. The first-order chi connectivity index (χ1) is 11.2. The molecule has 128 valence electrons. The quantitative estimate of drug-likeness (QED) is 0.791. The van der Waals surface area contributed by atoms with Crippen molar-refractivity contribution >= 4 is 39.2 Å². The maximum absolute atomic E-state index is 12.4. The number of sulfonamides is 1. The Kier molecular flexibility index (Phi) is 5.87. The minimum absolute atomic E-state index is 0.0343. The summed E-state index contributed by atoms with van der Waals surface area (Å²) in [5.41, 5.74) is 0.876. The largest absolute Gasteiger partial charge is 0.465 e. The highest BCUT2D eigenvalue weighted by molar-refractivity contribution is 7.89. The van der Waals surface area contributed by atoms with E-state index in [0.717, 1.165) is 0 Å². The molecule has 0 saturated carbocycles. The van der Waals surface area contributed by atoms with Gasteiger partial charge >= 0.3 is 5.97 Å². The van der Waals surface area contributed by atoms with E-state index in [-0.39, 0.29) is 10.5 Å². The number of methoxy groups -OCH3 is 1. The number of hydrogen-bond donors (Lipinski definition) is 1. The summed E-state index contributed by atoms with van der Waals surface area (Å²) in [6.07, 6.45) is 0. The van der Waals surface area contributed by atoms with Crippen LogP contribution < -0.4 is 4.72 Å². The predicted molar refractivity (Wildman–Crippen MR) is 93.0 cm³/mol. The standard InChI is InChI=1S/C16H15Cl2NO4S/c1-10(14-8-5-12(17)9-15(14)18)19-24(21,22)13-6-3-11(4-7-13)16(20)23-2/h3-10,19H,1-2H3/t10-/m1/s1. The Morgan fingerprint density at radius 3 is 2.29 bits per heavy atom. The molecule has 0 aromatic heterocycles. The van der Waals surface area contributed by atoms with Crippen LogP contribution in [-0.2, 0) is 14.8 Å². The Morgan fingerprint density at radius 2 is 1.75 bits per heavy atom. The summed E-state index contributed by atoms with van der Waals surface area (Å²) in [6, 6.07) is 9.75. The second kappa shape index (κ2) is 7.53. The van der Waals surface area contributed by atoms with Gasteiger partial charge in [0.05, 0.1) is 17.6 Å².